The maximum atomic E-state index is 12.8. The molecule has 5 rings (SSSR count). The van der Waals surface area contributed by atoms with Gasteiger partial charge in [0.2, 0.25) is 0 Å². The standard InChI is InChI=1S/C24H23N3OS/c28-23-22-19-12-7-13-20(19)29-24(22)26-21(25-23)16-27(14-17-8-3-1-4-9-17)15-18-10-5-2-6-11-18/h1-6,8-11H,7,12-16H2,(H,25,26,28). The maximum Gasteiger partial charge on any atom is 0.259 e. The molecule has 0 fully saturated rings. The molecule has 0 spiro atoms. The summed E-state index contributed by atoms with van der Waals surface area (Å²) in [4.78, 5) is 25.3. The van der Waals surface area contributed by atoms with Gasteiger partial charge in [0.05, 0.1) is 11.9 Å². The predicted molar refractivity (Wildman–Crippen MR) is 118 cm³/mol. The summed E-state index contributed by atoms with van der Waals surface area (Å²) < 4.78 is 0. The third-order valence-electron chi connectivity index (χ3n) is 5.50. The molecule has 146 valence electrons. The summed E-state index contributed by atoms with van der Waals surface area (Å²) in [5, 5.41) is 0.823. The van der Waals surface area contributed by atoms with Crippen molar-refractivity contribution in [1.82, 2.24) is 14.9 Å². The van der Waals surface area contributed by atoms with Gasteiger partial charge in [-0.2, -0.15) is 0 Å². The third kappa shape index (κ3) is 3.88. The fraction of sp³-hybridized carbons (Fsp3) is 0.250. The Balaban J connectivity index is 1.45. The Kier molecular flexibility index (Phi) is 5.00. The number of hydrogen-bond acceptors (Lipinski definition) is 4. The Hall–Kier alpha value is -2.76. The van der Waals surface area contributed by atoms with E-state index in [1.807, 2.05) is 12.1 Å². The molecule has 0 amide bonds. The number of benzene rings is 2. The van der Waals surface area contributed by atoms with Crippen LogP contribution >= 0.6 is 11.3 Å². The van der Waals surface area contributed by atoms with Crippen molar-refractivity contribution in [3.8, 4) is 0 Å². The van der Waals surface area contributed by atoms with Gasteiger partial charge in [0.25, 0.3) is 5.56 Å². The second-order valence-electron chi connectivity index (χ2n) is 7.67. The van der Waals surface area contributed by atoms with E-state index in [0.29, 0.717) is 6.54 Å². The summed E-state index contributed by atoms with van der Waals surface area (Å²) in [6, 6.07) is 20.9. The van der Waals surface area contributed by atoms with Gasteiger partial charge >= 0.3 is 0 Å². The molecule has 0 unspecified atom stereocenters. The van der Waals surface area contributed by atoms with Crippen molar-refractivity contribution < 1.29 is 0 Å². The van der Waals surface area contributed by atoms with E-state index in [-0.39, 0.29) is 5.56 Å². The predicted octanol–water partition coefficient (Wildman–Crippen LogP) is 4.68. The van der Waals surface area contributed by atoms with E-state index in [1.54, 1.807) is 11.3 Å². The number of rotatable bonds is 6. The van der Waals surface area contributed by atoms with Crippen molar-refractivity contribution in [1.29, 1.82) is 0 Å². The number of aromatic amines is 1. The Morgan fingerprint density at radius 3 is 2.21 bits per heavy atom. The summed E-state index contributed by atoms with van der Waals surface area (Å²) in [6.45, 7) is 2.22. The van der Waals surface area contributed by atoms with Crippen molar-refractivity contribution in [2.45, 2.75) is 38.9 Å². The molecule has 2 aromatic heterocycles. The van der Waals surface area contributed by atoms with Gasteiger partial charge in [-0.3, -0.25) is 9.69 Å². The summed E-state index contributed by atoms with van der Waals surface area (Å²) >= 11 is 1.70. The number of hydrogen-bond donors (Lipinski definition) is 1. The van der Waals surface area contributed by atoms with E-state index in [4.69, 9.17) is 4.98 Å². The van der Waals surface area contributed by atoms with E-state index in [0.717, 1.165) is 48.4 Å². The Morgan fingerprint density at radius 1 is 0.897 bits per heavy atom. The Morgan fingerprint density at radius 2 is 1.55 bits per heavy atom. The van der Waals surface area contributed by atoms with Crippen LogP contribution < -0.4 is 5.56 Å². The molecule has 0 radical (unpaired) electrons. The van der Waals surface area contributed by atoms with Gasteiger partial charge in [-0.05, 0) is 36.0 Å². The molecule has 1 N–H and O–H groups in total. The zero-order chi connectivity index (χ0) is 19.6. The van der Waals surface area contributed by atoms with Gasteiger partial charge in [-0.1, -0.05) is 60.7 Å². The number of fused-ring (bicyclic) bond motifs is 3. The topological polar surface area (TPSA) is 49.0 Å². The Labute approximate surface area is 173 Å². The molecule has 4 aromatic rings. The number of H-pyrrole nitrogens is 1. The van der Waals surface area contributed by atoms with Gasteiger partial charge in [-0.25, -0.2) is 4.98 Å². The van der Waals surface area contributed by atoms with Crippen molar-refractivity contribution in [3.63, 3.8) is 0 Å². The first-order chi connectivity index (χ1) is 14.3. The molecule has 0 atom stereocenters. The second kappa shape index (κ2) is 7.93. The highest BCUT2D eigenvalue weighted by Gasteiger charge is 2.21. The van der Waals surface area contributed by atoms with Crippen LogP contribution in [0.15, 0.2) is 65.5 Å². The molecule has 4 nitrogen and oxygen atoms in total. The van der Waals surface area contributed by atoms with Crippen molar-refractivity contribution in [2.24, 2.45) is 0 Å². The van der Waals surface area contributed by atoms with Crippen LogP contribution in [0.4, 0.5) is 0 Å². The first-order valence-electron chi connectivity index (χ1n) is 10.1. The summed E-state index contributed by atoms with van der Waals surface area (Å²) in [5.74, 6) is 0.745. The summed E-state index contributed by atoms with van der Waals surface area (Å²) in [7, 11) is 0. The minimum atomic E-state index is 0.0174. The molecule has 0 bridgehead atoms. The molecule has 1 aliphatic rings. The molecule has 2 aromatic carbocycles. The van der Waals surface area contributed by atoms with E-state index in [2.05, 4.69) is 58.4 Å². The average Bonchev–Trinajstić information content (AvgIpc) is 3.30. The molecular weight excluding hydrogens is 378 g/mol. The number of nitrogens with one attached hydrogen (secondary N) is 1. The van der Waals surface area contributed by atoms with Crippen LogP contribution in [0.2, 0.25) is 0 Å². The lowest BCUT2D eigenvalue weighted by Gasteiger charge is -2.22. The van der Waals surface area contributed by atoms with E-state index >= 15 is 0 Å². The number of aromatic nitrogens is 2. The third-order valence-corrected chi connectivity index (χ3v) is 6.68. The number of aryl methyl sites for hydroxylation is 2. The molecule has 0 saturated carbocycles. The van der Waals surface area contributed by atoms with Crippen LogP contribution in [0, 0.1) is 0 Å². The lowest BCUT2D eigenvalue weighted by Crippen LogP contribution is -2.25. The normalized spacial score (nSPS) is 13.3. The zero-order valence-corrected chi connectivity index (χ0v) is 17.0. The van der Waals surface area contributed by atoms with Crippen molar-refractivity contribution in [2.75, 3.05) is 0 Å². The van der Waals surface area contributed by atoms with Crippen LogP contribution in [-0.2, 0) is 32.5 Å². The van der Waals surface area contributed by atoms with Gasteiger partial charge in [0, 0.05) is 18.0 Å². The van der Waals surface area contributed by atoms with Gasteiger partial charge < -0.3 is 4.98 Å². The molecule has 0 aliphatic heterocycles. The van der Waals surface area contributed by atoms with Gasteiger partial charge in [0.1, 0.15) is 10.7 Å². The molecule has 5 heteroatoms. The first kappa shape index (κ1) is 18.3. The second-order valence-corrected chi connectivity index (χ2v) is 8.75. The minimum absolute atomic E-state index is 0.0174. The van der Waals surface area contributed by atoms with Crippen molar-refractivity contribution in [3.05, 3.63) is 98.4 Å². The SMILES string of the molecule is O=c1[nH]c(CN(Cc2ccccc2)Cc2ccccc2)nc2sc3c(c12)CCC3. The average molecular weight is 402 g/mol. The highest BCUT2D eigenvalue weighted by Crippen LogP contribution is 2.34. The minimum Gasteiger partial charge on any atom is -0.309 e. The van der Waals surface area contributed by atoms with Gasteiger partial charge in [0.15, 0.2) is 0 Å². The fourth-order valence-corrected chi connectivity index (χ4v) is 5.47. The first-order valence-corrected chi connectivity index (χ1v) is 10.9. The largest absolute Gasteiger partial charge is 0.309 e. The Bertz CT molecular complexity index is 1140. The number of nitrogens with zero attached hydrogens (tertiary/aromatic N) is 2. The molecule has 2 heterocycles. The summed E-state index contributed by atoms with van der Waals surface area (Å²) in [5.41, 5.74) is 3.75. The lowest BCUT2D eigenvalue weighted by atomic mass is 10.1. The molecular formula is C24H23N3OS. The van der Waals surface area contributed by atoms with E-state index in [9.17, 15) is 4.79 Å². The van der Waals surface area contributed by atoms with Crippen LogP contribution in [-0.4, -0.2) is 14.9 Å². The van der Waals surface area contributed by atoms with Crippen molar-refractivity contribution >= 4 is 21.6 Å². The van der Waals surface area contributed by atoms with E-state index < -0.39 is 0 Å². The quantitative estimate of drug-likeness (QED) is 0.510. The number of thiophene rings is 1. The zero-order valence-electron chi connectivity index (χ0n) is 16.2. The smallest absolute Gasteiger partial charge is 0.259 e. The van der Waals surface area contributed by atoms with Crippen LogP contribution in [0.5, 0.6) is 0 Å². The van der Waals surface area contributed by atoms with Crippen LogP contribution in [0.25, 0.3) is 10.2 Å². The molecule has 0 saturated heterocycles. The summed E-state index contributed by atoms with van der Waals surface area (Å²) in [6.07, 6.45) is 3.24. The van der Waals surface area contributed by atoms with E-state index in [1.165, 1.54) is 21.6 Å². The lowest BCUT2D eigenvalue weighted by molar-refractivity contribution is 0.241. The monoisotopic (exact) mass is 401 g/mol. The van der Waals surface area contributed by atoms with Crippen LogP contribution in [0.1, 0.15) is 33.8 Å². The van der Waals surface area contributed by atoms with Crippen LogP contribution in [0.3, 0.4) is 0 Å². The molecule has 29 heavy (non-hydrogen) atoms. The van der Waals surface area contributed by atoms with Gasteiger partial charge in [-0.15, -0.1) is 11.3 Å². The maximum absolute atomic E-state index is 12.8. The highest BCUT2D eigenvalue weighted by molar-refractivity contribution is 7.18. The highest BCUT2D eigenvalue weighted by atomic mass is 32.1. The molecule has 1 aliphatic carbocycles. The fourth-order valence-electron chi connectivity index (χ4n) is 4.18.